The summed E-state index contributed by atoms with van der Waals surface area (Å²) in [5.41, 5.74) is 10.8. The highest BCUT2D eigenvalue weighted by atomic mass is 32.1. The molecule has 9 aromatic carbocycles. The first-order valence-corrected chi connectivity index (χ1v) is 21.0. The van der Waals surface area contributed by atoms with Crippen molar-refractivity contribution >= 4 is 64.1 Å². The van der Waals surface area contributed by atoms with Gasteiger partial charge in [-0.3, -0.25) is 0 Å². The SMILES string of the molecule is c1ccc(-c2nc(-c3ccccc3)nc(-c3cccc(-c4cc(-c5cccc6ccccc56)cc(-n5c6ccccc6c6c7sc8ccccc8c7ccc65)c4)c3)n2)cc1. The smallest absolute Gasteiger partial charge is 0.164 e. The fraction of sp³-hybridized carbons (Fsp3) is 0. The molecule has 0 atom stereocenters. The lowest BCUT2D eigenvalue weighted by molar-refractivity contribution is 1.07. The van der Waals surface area contributed by atoms with Crippen LogP contribution in [0.1, 0.15) is 0 Å². The van der Waals surface area contributed by atoms with E-state index in [1.54, 1.807) is 0 Å². The molecule has 0 amide bonds. The van der Waals surface area contributed by atoms with Crippen LogP contribution < -0.4 is 0 Å². The zero-order valence-electron chi connectivity index (χ0n) is 32.3. The second-order valence-electron chi connectivity index (χ2n) is 15.2. The van der Waals surface area contributed by atoms with Crippen LogP contribution in [0.4, 0.5) is 0 Å². The van der Waals surface area contributed by atoms with E-state index in [-0.39, 0.29) is 0 Å². The van der Waals surface area contributed by atoms with Gasteiger partial charge in [-0.1, -0.05) is 164 Å². The number of nitrogens with zero attached hydrogens (tertiary/aromatic N) is 4. The number of hydrogen-bond donors (Lipinski definition) is 0. The van der Waals surface area contributed by atoms with E-state index in [1.807, 2.05) is 72.0 Å². The summed E-state index contributed by atoms with van der Waals surface area (Å²) in [7, 11) is 0. The lowest BCUT2D eigenvalue weighted by Crippen LogP contribution is -2.00. The average Bonchev–Trinajstić information content (AvgIpc) is 3.88. The molecule has 3 aromatic heterocycles. The molecule has 0 spiro atoms. The summed E-state index contributed by atoms with van der Waals surface area (Å²) in [6.07, 6.45) is 0. The lowest BCUT2D eigenvalue weighted by Gasteiger charge is -2.16. The molecule has 0 aliphatic heterocycles. The van der Waals surface area contributed by atoms with Gasteiger partial charge in [0, 0.05) is 53.3 Å². The van der Waals surface area contributed by atoms with Crippen molar-refractivity contribution in [2.75, 3.05) is 0 Å². The zero-order valence-corrected chi connectivity index (χ0v) is 33.1. The quantitative estimate of drug-likeness (QED) is 0.169. The summed E-state index contributed by atoms with van der Waals surface area (Å²) in [5.74, 6) is 1.91. The molecule has 12 aromatic rings. The Hall–Kier alpha value is -7.73. The van der Waals surface area contributed by atoms with Crippen LogP contribution in [0.3, 0.4) is 0 Å². The van der Waals surface area contributed by atoms with E-state index in [2.05, 4.69) is 150 Å². The van der Waals surface area contributed by atoms with Crippen molar-refractivity contribution in [2.45, 2.75) is 0 Å². The first kappa shape index (κ1) is 34.3. The maximum absolute atomic E-state index is 5.08. The summed E-state index contributed by atoms with van der Waals surface area (Å²) < 4.78 is 5.09. The van der Waals surface area contributed by atoms with Gasteiger partial charge in [0.05, 0.1) is 11.0 Å². The van der Waals surface area contributed by atoms with E-state index in [4.69, 9.17) is 15.0 Å². The lowest BCUT2D eigenvalue weighted by atomic mass is 9.94. The van der Waals surface area contributed by atoms with Gasteiger partial charge < -0.3 is 4.57 Å². The number of hydrogen-bond acceptors (Lipinski definition) is 4. The third kappa shape index (κ3) is 5.70. The minimum atomic E-state index is 0.629. The van der Waals surface area contributed by atoms with Gasteiger partial charge in [-0.15, -0.1) is 11.3 Å². The molecule has 0 aliphatic rings. The van der Waals surface area contributed by atoms with Crippen LogP contribution in [0.25, 0.3) is 115 Å². The zero-order chi connectivity index (χ0) is 39.6. The third-order valence-electron chi connectivity index (χ3n) is 11.6. The molecule has 5 heteroatoms. The summed E-state index contributed by atoms with van der Waals surface area (Å²) in [6, 6.07) is 73.5. The molecule has 0 unspecified atom stereocenters. The summed E-state index contributed by atoms with van der Waals surface area (Å²) in [5, 5.41) is 7.59. The van der Waals surface area contributed by atoms with Crippen LogP contribution >= 0.6 is 11.3 Å². The second kappa shape index (κ2) is 14.0. The van der Waals surface area contributed by atoms with Crippen LogP contribution in [-0.4, -0.2) is 19.5 Å². The molecule has 0 saturated carbocycles. The number of fused-ring (bicyclic) bond motifs is 8. The Kier molecular flexibility index (Phi) is 8.00. The molecule has 3 heterocycles. The van der Waals surface area contributed by atoms with Gasteiger partial charge in [0.15, 0.2) is 17.5 Å². The molecule has 0 aliphatic carbocycles. The maximum atomic E-state index is 5.08. The molecule has 12 rings (SSSR count). The van der Waals surface area contributed by atoms with E-state index in [1.165, 1.54) is 58.3 Å². The van der Waals surface area contributed by atoms with Crippen molar-refractivity contribution in [3.8, 4) is 62.1 Å². The van der Waals surface area contributed by atoms with Gasteiger partial charge in [0.25, 0.3) is 0 Å². The van der Waals surface area contributed by atoms with Crippen molar-refractivity contribution in [2.24, 2.45) is 0 Å². The first-order chi connectivity index (χ1) is 29.7. The van der Waals surface area contributed by atoms with Crippen LogP contribution in [0.15, 0.2) is 206 Å². The second-order valence-corrected chi connectivity index (χ2v) is 16.3. The molecule has 0 saturated heterocycles. The molecule has 0 N–H and O–H groups in total. The predicted octanol–water partition coefficient (Wildman–Crippen LogP) is 14.8. The Morgan fingerprint density at radius 2 is 0.917 bits per heavy atom. The monoisotopic (exact) mass is 782 g/mol. The number of benzene rings is 9. The van der Waals surface area contributed by atoms with Crippen molar-refractivity contribution in [1.29, 1.82) is 0 Å². The molecule has 280 valence electrons. The average molecular weight is 783 g/mol. The van der Waals surface area contributed by atoms with E-state index in [9.17, 15) is 0 Å². The van der Waals surface area contributed by atoms with Gasteiger partial charge in [-0.25, -0.2) is 15.0 Å². The van der Waals surface area contributed by atoms with Crippen molar-refractivity contribution < 1.29 is 0 Å². The van der Waals surface area contributed by atoms with E-state index in [0.717, 1.165) is 39.1 Å². The standard InChI is InChI=1S/C55H34N4S/c1-3-16-36(17-4-1)53-56-54(37-18-5-2-6-19-37)58-55(57-53)39-22-13-21-38(31-39)40-32-41(44-26-14-20-35-15-7-8-23-43(35)44)34-42(33-40)59-48-27-11-9-25-47(48)51-49(59)30-29-46-45-24-10-12-28-50(45)60-52(46)51/h1-34H. The highest BCUT2D eigenvalue weighted by Crippen LogP contribution is 2.44. The van der Waals surface area contributed by atoms with Gasteiger partial charge >= 0.3 is 0 Å². The largest absolute Gasteiger partial charge is 0.309 e. The number of aromatic nitrogens is 4. The van der Waals surface area contributed by atoms with Crippen molar-refractivity contribution in [3.63, 3.8) is 0 Å². The molecule has 0 fully saturated rings. The van der Waals surface area contributed by atoms with Gasteiger partial charge in [0.2, 0.25) is 0 Å². The number of thiophene rings is 1. The van der Waals surface area contributed by atoms with Crippen LogP contribution in [0.5, 0.6) is 0 Å². The molecule has 0 radical (unpaired) electrons. The molecule has 4 nitrogen and oxygen atoms in total. The minimum absolute atomic E-state index is 0.629. The van der Waals surface area contributed by atoms with E-state index >= 15 is 0 Å². The maximum Gasteiger partial charge on any atom is 0.164 e. The Labute approximate surface area is 350 Å². The Morgan fingerprint density at radius 1 is 0.350 bits per heavy atom. The fourth-order valence-electron chi connectivity index (χ4n) is 8.83. The topological polar surface area (TPSA) is 43.6 Å². The molecule has 60 heavy (non-hydrogen) atoms. The summed E-state index contributed by atoms with van der Waals surface area (Å²) in [4.78, 5) is 15.1. The van der Waals surface area contributed by atoms with Gasteiger partial charge in [-0.2, -0.15) is 0 Å². The van der Waals surface area contributed by atoms with E-state index < -0.39 is 0 Å². The van der Waals surface area contributed by atoms with Crippen molar-refractivity contribution in [3.05, 3.63) is 206 Å². The van der Waals surface area contributed by atoms with Gasteiger partial charge in [0.1, 0.15) is 0 Å². The number of rotatable bonds is 6. The van der Waals surface area contributed by atoms with Crippen LogP contribution in [0.2, 0.25) is 0 Å². The van der Waals surface area contributed by atoms with Gasteiger partial charge in [-0.05, 0) is 75.5 Å². The van der Waals surface area contributed by atoms with Crippen LogP contribution in [0, 0.1) is 0 Å². The highest BCUT2D eigenvalue weighted by Gasteiger charge is 2.20. The molecular weight excluding hydrogens is 749 g/mol. The molecular formula is C55H34N4S. The predicted molar refractivity (Wildman–Crippen MR) is 252 cm³/mol. The normalized spacial score (nSPS) is 11.7. The van der Waals surface area contributed by atoms with Crippen LogP contribution in [-0.2, 0) is 0 Å². The fourth-order valence-corrected chi connectivity index (χ4v) is 10.1. The summed E-state index contributed by atoms with van der Waals surface area (Å²) in [6.45, 7) is 0. The molecule has 0 bridgehead atoms. The Bertz CT molecular complexity index is 3540. The first-order valence-electron chi connectivity index (χ1n) is 20.2. The Morgan fingerprint density at radius 3 is 1.70 bits per heavy atom. The third-order valence-corrected chi connectivity index (χ3v) is 12.8. The van der Waals surface area contributed by atoms with E-state index in [0.29, 0.717) is 17.5 Å². The Balaban J connectivity index is 1.09. The van der Waals surface area contributed by atoms with Crippen molar-refractivity contribution in [1.82, 2.24) is 19.5 Å². The minimum Gasteiger partial charge on any atom is -0.309 e. The highest BCUT2D eigenvalue weighted by molar-refractivity contribution is 7.26. The summed E-state index contributed by atoms with van der Waals surface area (Å²) >= 11 is 1.88. The number of para-hydroxylation sites is 1.